The predicted octanol–water partition coefficient (Wildman–Crippen LogP) is 3.08. The quantitative estimate of drug-likeness (QED) is 0.608. The number of rotatable bonds is 2. The van der Waals surface area contributed by atoms with E-state index in [-0.39, 0.29) is 24.3 Å². The molecule has 10 heteroatoms. The van der Waals surface area contributed by atoms with Crippen LogP contribution in [0, 0.1) is 23.2 Å². The zero-order valence-corrected chi connectivity index (χ0v) is 15.3. The molecule has 0 saturated heterocycles. The molecule has 0 aromatic carbocycles. The standard InChI is InChI=1S/C16H24F2N2O.C2HF3O2/c17-16(18)8-15(16)3-1-11(2-4-15)20-14(21)10-5-9-7-13(19)12(9)6-10;3-2(4,5)1(6)7/h9-13H,1-8,19H2,(H,20,21);(H,6,7). The molecule has 4 fully saturated rings. The van der Waals surface area contributed by atoms with Crippen molar-refractivity contribution in [2.75, 3.05) is 0 Å². The maximum atomic E-state index is 13.3. The van der Waals surface area contributed by atoms with Gasteiger partial charge in [-0.05, 0) is 56.8 Å². The summed E-state index contributed by atoms with van der Waals surface area (Å²) in [5.41, 5.74) is 5.25. The Labute approximate surface area is 159 Å². The van der Waals surface area contributed by atoms with Gasteiger partial charge in [-0.25, -0.2) is 13.6 Å². The Kier molecular flexibility index (Phi) is 5.40. The first kappa shape index (κ1) is 21.3. The van der Waals surface area contributed by atoms with Crippen molar-refractivity contribution < 1.29 is 36.6 Å². The first-order valence-electron chi connectivity index (χ1n) is 9.58. The molecular weight excluding hydrogens is 387 g/mol. The second-order valence-corrected chi connectivity index (χ2v) is 8.74. The van der Waals surface area contributed by atoms with Gasteiger partial charge in [-0.1, -0.05) is 0 Å². The molecule has 0 aromatic rings. The van der Waals surface area contributed by atoms with Crippen molar-refractivity contribution in [3.8, 4) is 0 Å². The van der Waals surface area contributed by atoms with E-state index < -0.39 is 23.5 Å². The monoisotopic (exact) mass is 412 g/mol. The van der Waals surface area contributed by atoms with Gasteiger partial charge in [0.15, 0.2) is 0 Å². The van der Waals surface area contributed by atoms with Crippen LogP contribution in [0.25, 0.3) is 0 Å². The molecule has 4 atom stereocenters. The van der Waals surface area contributed by atoms with Crippen LogP contribution < -0.4 is 11.1 Å². The van der Waals surface area contributed by atoms with Crippen LogP contribution in [0.15, 0.2) is 0 Å². The molecule has 0 bridgehead atoms. The highest BCUT2D eigenvalue weighted by atomic mass is 19.4. The topological polar surface area (TPSA) is 92.4 Å². The number of carboxylic acid groups (broad SMARTS) is 1. The first-order valence-corrected chi connectivity index (χ1v) is 9.58. The van der Waals surface area contributed by atoms with E-state index in [2.05, 4.69) is 5.32 Å². The summed E-state index contributed by atoms with van der Waals surface area (Å²) in [6.45, 7) is 0. The summed E-state index contributed by atoms with van der Waals surface area (Å²) in [5.74, 6) is -3.77. The average molecular weight is 412 g/mol. The number of aliphatic carboxylic acids is 1. The summed E-state index contributed by atoms with van der Waals surface area (Å²) in [6.07, 6.45) is 0.476. The van der Waals surface area contributed by atoms with Crippen LogP contribution in [0.2, 0.25) is 0 Å². The van der Waals surface area contributed by atoms with Crippen molar-refractivity contribution in [1.82, 2.24) is 5.32 Å². The van der Waals surface area contributed by atoms with E-state index in [1.165, 1.54) is 0 Å². The molecule has 0 aliphatic heterocycles. The van der Waals surface area contributed by atoms with Crippen molar-refractivity contribution in [3.05, 3.63) is 0 Å². The fourth-order valence-electron chi connectivity index (χ4n) is 5.05. The Morgan fingerprint density at radius 3 is 2.00 bits per heavy atom. The third-order valence-electron chi connectivity index (χ3n) is 6.99. The van der Waals surface area contributed by atoms with Crippen LogP contribution in [-0.4, -0.2) is 41.2 Å². The second-order valence-electron chi connectivity index (χ2n) is 8.74. The maximum absolute atomic E-state index is 13.3. The molecule has 5 nitrogen and oxygen atoms in total. The van der Waals surface area contributed by atoms with Crippen molar-refractivity contribution in [3.63, 3.8) is 0 Å². The second kappa shape index (κ2) is 7.11. The highest BCUT2D eigenvalue weighted by Gasteiger charge is 2.70. The molecule has 0 radical (unpaired) electrons. The van der Waals surface area contributed by atoms with E-state index in [0.717, 1.165) is 19.3 Å². The van der Waals surface area contributed by atoms with Gasteiger partial charge in [-0.2, -0.15) is 13.2 Å². The summed E-state index contributed by atoms with van der Waals surface area (Å²) in [6, 6.07) is 0.394. The van der Waals surface area contributed by atoms with Gasteiger partial charge in [0.25, 0.3) is 5.92 Å². The molecular formula is C18H25F5N2O3. The number of fused-ring (bicyclic) bond motifs is 1. The molecule has 0 aromatic heterocycles. The van der Waals surface area contributed by atoms with Gasteiger partial charge in [-0.3, -0.25) is 4.79 Å². The number of nitrogens with one attached hydrogen (secondary N) is 1. The normalized spacial score (nSPS) is 40.6. The lowest BCUT2D eigenvalue weighted by Gasteiger charge is -2.37. The number of hydrogen-bond donors (Lipinski definition) is 3. The smallest absolute Gasteiger partial charge is 0.475 e. The van der Waals surface area contributed by atoms with Gasteiger partial charge in [-0.15, -0.1) is 0 Å². The molecule has 0 heterocycles. The lowest BCUT2D eigenvalue weighted by atomic mass is 9.72. The van der Waals surface area contributed by atoms with Crippen molar-refractivity contribution in [2.24, 2.45) is 28.9 Å². The molecule has 160 valence electrons. The summed E-state index contributed by atoms with van der Waals surface area (Å²) in [7, 11) is 0. The Hall–Kier alpha value is -1.45. The molecule has 1 amide bonds. The van der Waals surface area contributed by atoms with Crippen LogP contribution in [0.4, 0.5) is 22.0 Å². The fourth-order valence-corrected chi connectivity index (χ4v) is 5.05. The lowest BCUT2D eigenvalue weighted by Crippen LogP contribution is -2.44. The molecule has 4 rings (SSSR count). The van der Waals surface area contributed by atoms with Gasteiger partial charge in [0.2, 0.25) is 5.91 Å². The number of amides is 1. The molecule has 1 spiro atoms. The van der Waals surface area contributed by atoms with Gasteiger partial charge < -0.3 is 16.2 Å². The fraction of sp³-hybridized carbons (Fsp3) is 0.889. The molecule has 4 unspecified atom stereocenters. The Balaban J connectivity index is 0.000000279. The van der Waals surface area contributed by atoms with E-state index in [9.17, 15) is 26.7 Å². The van der Waals surface area contributed by atoms with Gasteiger partial charge in [0.05, 0.1) is 0 Å². The van der Waals surface area contributed by atoms with E-state index in [0.29, 0.717) is 43.6 Å². The minimum Gasteiger partial charge on any atom is -0.475 e. The molecule has 28 heavy (non-hydrogen) atoms. The van der Waals surface area contributed by atoms with Crippen LogP contribution in [0.1, 0.15) is 51.4 Å². The highest BCUT2D eigenvalue weighted by molar-refractivity contribution is 5.79. The lowest BCUT2D eigenvalue weighted by molar-refractivity contribution is -0.192. The van der Waals surface area contributed by atoms with Gasteiger partial charge in [0, 0.05) is 29.8 Å². The molecule has 4 aliphatic carbocycles. The summed E-state index contributed by atoms with van der Waals surface area (Å²) >= 11 is 0. The van der Waals surface area contributed by atoms with Crippen LogP contribution >= 0.6 is 0 Å². The van der Waals surface area contributed by atoms with Crippen molar-refractivity contribution in [2.45, 2.75) is 75.5 Å². The Morgan fingerprint density at radius 1 is 1.07 bits per heavy atom. The molecule has 4 N–H and O–H groups in total. The molecule has 4 saturated carbocycles. The SMILES string of the molecule is NC1CC2CC(C(=O)NC3CCC4(CC3)CC4(F)F)CC12.O=C(O)C(F)(F)F. The van der Waals surface area contributed by atoms with E-state index in [1.54, 1.807) is 0 Å². The third kappa shape index (κ3) is 4.11. The summed E-state index contributed by atoms with van der Waals surface area (Å²) in [4.78, 5) is 21.2. The predicted molar refractivity (Wildman–Crippen MR) is 88.4 cm³/mol. The third-order valence-corrected chi connectivity index (χ3v) is 6.99. The number of alkyl halides is 5. The van der Waals surface area contributed by atoms with Gasteiger partial charge >= 0.3 is 12.1 Å². The number of carbonyl (C=O) groups is 2. The van der Waals surface area contributed by atoms with Crippen LogP contribution in [0.5, 0.6) is 0 Å². The maximum Gasteiger partial charge on any atom is 0.490 e. The van der Waals surface area contributed by atoms with Crippen molar-refractivity contribution >= 4 is 11.9 Å². The number of carboxylic acids is 1. The summed E-state index contributed by atoms with van der Waals surface area (Å²) in [5, 5.41) is 10.2. The van der Waals surface area contributed by atoms with E-state index >= 15 is 0 Å². The number of carbonyl (C=O) groups excluding carboxylic acids is 1. The largest absolute Gasteiger partial charge is 0.490 e. The Morgan fingerprint density at radius 2 is 1.61 bits per heavy atom. The average Bonchev–Trinajstić information content (AvgIpc) is 2.93. The Bertz CT molecular complexity index is 631. The minimum atomic E-state index is -5.08. The summed E-state index contributed by atoms with van der Waals surface area (Å²) < 4.78 is 58.4. The number of nitrogens with two attached hydrogens (primary N) is 1. The van der Waals surface area contributed by atoms with Gasteiger partial charge in [0.1, 0.15) is 0 Å². The number of halogens is 5. The zero-order chi connectivity index (χ0) is 20.9. The van der Waals surface area contributed by atoms with E-state index in [4.69, 9.17) is 15.6 Å². The van der Waals surface area contributed by atoms with Crippen LogP contribution in [0.3, 0.4) is 0 Å². The van der Waals surface area contributed by atoms with Crippen molar-refractivity contribution in [1.29, 1.82) is 0 Å². The zero-order valence-electron chi connectivity index (χ0n) is 15.3. The van der Waals surface area contributed by atoms with E-state index in [1.807, 2.05) is 0 Å². The molecule has 4 aliphatic rings. The highest BCUT2D eigenvalue weighted by Crippen LogP contribution is 2.67. The first-order chi connectivity index (χ1) is 12.8. The van der Waals surface area contributed by atoms with Crippen LogP contribution in [-0.2, 0) is 9.59 Å². The number of hydrogen-bond acceptors (Lipinski definition) is 3. The minimum absolute atomic E-state index is 0.0601.